The third-order valence-corrected chi connectivity index (χ3v) is 8.17. The van der Waals surface area contributed by atoms with Gasteiger partial charge in [0.15, 0.2) is 5.75 Å². The molecule has 0 unspecified atom stereocenters. The quantitative estimate of drug-likeness (QED) is 0.839. The highest BCUT2D eigenvalue weighted by Gasteiger charge is 2.39. The molecule has 1 rings (SSSR count). The van der Waals surface area contributed by atoms with E-state index in [0.29, 0.717) is 6.54 Å². The second-order valence-electron chi connectivity index (χ2n) is 6.39. The van der Waals surface area contributed by atoms with Crippen molar-refractivity contribution in [1.29, 1.82) is 0 Å². The molecule has 108 valence electrons. The summed E-state index contributed by atoms with van der Waals surface area (Å²) in [6.07, 6.45) is 0.859. The van der Waals surface area contributed by atoms with Crippen LogP contribution in [0, 0.1) is 0 Å². The summed E-state index contributed by atoms with van der Waals surface area (Å²) in [4.78, 5) is 0. The maximum atomic E-state index is 6.35. The molecule has 4 heteroatoms. The largest absolute Gasteiger partial charge is 0.541 e. The number of ether oxygens (including phenoxy) is 1. The second kappa shape index (κ2) is 5.97. The van der Waals surface area contributed by atoms with Gasteiger partial charge in [-0.25, -0.2) is 0 Å². The maximum absolute atomic E-state index is 6.35. The molecule has 1 aromatic rings. The molecule has 0 radical (unpaired) electrons. The number of nitrogens with two attached hydrogens (primary N) is 1. The van der Waals surface area contributed by atoms with Gasteiger partial charge in [0.1, 0.15) is 5.75 Å². The minimum atomic E-state index is -1.85. The van der Waals surface area contributed by atoms with Gasteiger partial charge < -0.3 is 14.9 Å². The van der Waals surface area contributed by atoms with Crippen molar-refractivity contribution in [2.45, 2.75) is 45.3 Å². The molecule has 1 aromatic carbocycles. The molecule has 0 atom stereocenters. The first-order valence-electron chi connectivity index (χ1n) is 6.77. The van der Waals surface area contributed by atoms with E-state index in [4.69, 9.17) is 14.9 Å². The van der Waals surface area contributed by atoms with Gasteiger partial charge in [0.2, 0.25) is 0 Å². The third kappa shape index (κ3) is 3.98. The van der Waals surface area contributed by atoms with Gasteiger partial charge in [-0.15, -0.1) is 0 Å². The molecule has 19 heavy (non-hydrogen) atoms. The number of rotatable bonds is 5. The Kier molecular flexibility index (Phi) is 5.04. The highest BCUT2D eigenvalue weighted by molar-refractivity contribution is 6.74. The Morgan fingerprint density at radius 2 is 1.79 bits per heavy atom. The van der Waals surface area contributed by atoms with Gasteiger partial charge >= 0.3 is 0 Å². The fraction of sp³-hybridized carbons (Fsp3) is 0.600. The molecule has 0 aliphatic rings. The minimum Gasteiger partial charge on any atom is -0.541 e. The molecule has 0 fully saturated rings. The van der Waals surface area contributed by atoms with Crippen LogP contribution in [0.3, 0.4) is 0 Å². The first-order chi connectivity index (χ1) is 8.71. The molecule has 0 amide bonds. The first kappa shape index (κ1) is 16.1. The zero-order chi connectivity index (χ0) is 14.7. The van der Waals surface area contributed by atoms with Crippen LogP contribution in [0.25, 0.3) is 0 Å². The fourth-order valence-electron chi connectivity index (χ4n) is 1.55. The van der Waals surface area contributed by atoms with Crippen LogP contribution < -0.4 is 14.9 Å². The van der Waals surface area contributed by atoms with Crippen molar-refractivity contribution in [2.75, 3.05) is 13.7 Å². The lowest BCUT2D eigenvalue weighted by atomic mass is 10.1. The second-order valence-corrected chi connectivity index (χ2v) is 11.1. The minimum absolute atomic E-state index is 0.169. The summed E-state index contributed by atoms with van der Waals surface area (Å²) < 4.78 is 11.8. The SMILES string of the molecule is COc1ccc(CCN)cc1O[Si](C)(C)C(C)(C)C. The predicted molar refractivity (Wildman–Crippen MR) is 83.6 cm³/mol. The van der Waals surface area contributed by atoms with Crippen LogP contribution in [0.2, 0.25) is 18.1 Å². The Labute approximate surface area is 118 Å². The summed E-state index contributed by atoms with van der Waals surface area (Å²) in [5.41, 5.74) is 6.81. The van der Waals surface area contributed by atoms with Crippen molar-refractivity contribution in [2.24, 2.45) is 5.73 Å². The Morgan fingerprint density at radius 1 is 1.16 bits per heavy atom. The van der Waals surface area contributed by atoms with Gasteiger partial charge in [-0.3, -0.25) is 0 Å². The van der Waals surface area contributed by atoms with Gasteiger partial charge in [0.25, 0.3) is 8.32 Å². The Morgan fingerprint density at radius 3 is 2.26 bits per heavy atom. The Hall–Kier alpha value is -1.00. The van der Waals surface area contributed by atoms with Crippen molar-refractivity contribution in [3.8, 4) is 11.5 Å². The van der Waals surface area contributed by atoms with E-state index in [1.165, 1.54) is 5.56 Å². The zero-order valence-electron chi connectivity index (χ0n) is 13.0. The standard InChI is InChI=1S/C15H27NO2Si/c1-15(2,3)19(5,6)18-14-11-12(9-10-16)7-8-13(14)17-4/h7-8,11H,9-10,16H2,1-6H3. The van der Waals surface area contributed by atoms with E-state index in [-0.39, 0.29) is 5.04 Å². The maximum Gasteiger partial charge on any atom is 0.250 e. The highest BCUT2D eigenvalue weighted by Crippen LogP contribution is 2.40. The van der Waals surface area contributed by atoms with Crippen molar-refractivity contribution in [3.05, 3.63) is 23.8 Å². The molecule has 0 aliphatic carbocycles. The van der Waals surface area contributed by atoms with E-state index in [1.54, 1.807) is 7.11 Å². The zero-order valence-corrected chi connectivity index (χ0v) is 14.0. The van der Waals surface area contributed by atoms with E-state index >= 15 is 0 Å². The predicted octanol–water partition coefficient (Wildman–Crippen LogP) is 3.58. The lowest BCUT2D eigenvalue weighted by Gasteiger charge is -2.36. The molecular weight excluding hydrogens is 254 g/mol. The van der Waals surface area contributed by atoms with Gasteiger partial charge in [-0.05, 0) is 48.8 Å². The van der Waals surface area contributed by atoms with E-state index < -0.39 is 8.32 Å². The van der Waals surface area contributed by atoms with Crippen molar-refractivity contribution < 1.29 is 9.16 Å². The normalized spacial score (nSPS) is 12.4. The molecule has 0 bridgehead atoms. The van der Waals surface area contributed by atoms with Crippen LogP contribution in [-0.2, 0) is 6.42 Å². The van der Waals surface area contributed by atoms with E-state index in [1.807, 2.05) is 12.1 Å². The number of hydrogen-bond acceptors (Lipinski definition) is 3. The molecule has 0 aromatic heterocycles. The molecule has 0 saturated carbocycles. The summed E-state index contributed by atoms with van der Waals surface area (Å²) in [5.74, 6) is 1.64. The number of hydrogen-bond donors (Lipinski definition) is 1. The summed E-state index contributed by atoms with van der Waals surface area (Å²) >= 11 is 0. The molecule has 2 N–H and O–H groups in total. The van der Waals surface area contributed by atoms with Gasteiger partial charge in [-0.2, -0.15) is 0 Å². The van der Waals surface area contributed by atoms with Crippen LogP contribution in [0.15, 0.2) is 18.2 Å². The summed E-state index contributed by atoms with van der Waals surface area (Å²) in [5, 5.41) is 0.169. The average Bonchev–Trinajstić information content (AvgIpc) is 2.28. The van der Waals surface area contributed by atoms with Crippen LogP contribution in [0.4, 0.5) is 0 Å². The Balaban J connectivity index is 3.07. The van der Waals surface area contributed by atoms with Gasteiger partial charge in [0, 0.05) is 0 Å². The van der Waals surface area contributed by atoms with Crippen LogP contribution in [0.1, 0.15) is 26.3 Å². The van der Waals surface area contributed by atoms with Gasteiger partial charge in [0.05, 0.1) is 7.11 Å². The molecule has 0 heterocycles. The van der Waals surface area contributed by atoms with Gasteiger partial charge in [-0.1, -0.05) is 26.8 Å². The fourth-order valence-corrected chi connectivity index (χ4v) is 2.57. The van der Waals surface area contributed by atoms with Crippen LogP contribution in [-0.4, -0.2) is 22.0 Å². The first-order valence-corrected chi connectivity index (χ1v) is 9.68. The topological polar surface area (TPSA) is 44.5 Å². The van der Waals surface area contributed by atoms with Crippen molar-refractivity contribution >= 4 is 8.32 Å². The average molecular weight is 281 g/mol. The lowest BCUT2D eigenvalue weighted by Crippen LogP contribution is -2.43. The summed E-state index contributed by atoms with van der Waals surface area (Å²) in [6.45, 7) is 11.8. The van der Waals surface area contributed by atoms with E-state index in [0.717, 1.165) is 17.9 Å². The van der Waals surface area contributed by atoms with Crippen LogP contribution in [0.5, 0.6) is 11.5 Å². The molecule has 0 spiro atoms. The molecule has 3 nitrogen and oxygen atoms in total. The monoisotopic (exact) mass is 281 g/mol. The smallest absolute Gasteiger partial charge is 0.250 e. The number of methoxy groups -OCH3 is 1. The van der Waals surface area contributed by atoms with Crippen LogP contribution >= 0.6 is 0 Å². The highest BCUT2D eigenvalue weighted by atomic mass is 28.4. The molecule has 0 saturated heterocycles. The van der Waals surface area contributed by atoms with Crippen molar-refractivity contribution in [1.82, 2.24) is 0 Å². The molecular formula is C15H27NO2Si. The lowest BCUT2D eigenvalue weighted by molar-refractivity contribution is 0.385. The summed E-state index contributed by atoms with van der Waals surface area (Å²) in [6, 6.07) is 6.07. The summed E-state index contributed by atoms with van der Waals surface area (Å²) in [7, 11) is -0.173. The molecule has 0 aliphatic heterocycles. The van der Waals surface area contributed by atoms with E-state index in [2.05, 4.69) is 39.9 Å². The number of benzene rings is 1. The third-order valence-electron chi connectivity index (χ3n) is 3.83. The van der Waals surface area contributed by atoms with Crippen molar-refractivity contribution in [3.63, 3.8) is 0 Å². The Bertz CT molecular complexity index is 425. The van der Waals surface area contributed by atoms with E-state index in [9.17, 15) is 0 Å².